The van der Waals surface area contributed by atoms with Crippen LogP contribution in [0.2, 0.25) is 0 Å². The fourth-order valence-electron chi connectivity index (χ4n) is 2.50. The van der Waals surface area contributed by atoms with Crippen LogP contribution in [0.4, 0.5) is 0 Å². The lowest BCUT2D eigenvalue weighted by atomic mass is 9.59. The molecule has 80 valence electrons. The third-order valence-electron chi connectivity index (χ3n) is 3.24. The smallest absolute Gasteiger partial charge is 0.228 e. The first-order valence-corrected chi connectivity index (χ1v) is 5.90. The topological polar surface area (TPSA) is 43.1 Å². The number of benzene rings is 1. The van der Waals surface area contributed by atoms with Gasteiger partial charge in [0.1, 0.15) is 0 Å². The molecule has 3 heteroatoms. The van der Waals surface area contributed by atoms with Crippen LogP contribution in [0.5, 0.6) is 0 Å². The maximum absolute atomic E-state index is 11.6. The van der Waals surface area contributed by atoms with Crippen molar-refractivity contribution in [2.24, 2.45) is 11.7 Å². The number of carbonyl (C=O) groups is 1. The Morgan fingerprint density at radius 1 is 1.53 bits per heavy atom. The largest absolute Gasteiger partial charge is 0.369 e. The Kier molecular flexibility index (Phi) is 2.59. The summed E-state index contributed by atoms with van der Waals surface area (Å²) in [7, 11) is 0. The molecule has 2 nitrogen and oxygen atoms in total. The minimum absolute atomic E-state index is 0.196. The van der Waals surface area contributed by atoms with Gasteiger partial charge in [0.15, 0.2) is 0 Å². The van der Waals surface area contributed by atoms with Gasteiger partial charge in [-0.15, -0.1) is 0 Å². The van der Waals surface area contributed by atoms with Crippen LogP contribution in [-0.2, 0) is 10.2 Å². The van der Waals surface area contributed by atoms with Gasteiger partial charge in [-0.25, -0.2) is 0 Å². The lowest BCUT2D eigenvalue weighted by molar-refractivity contribution is -0.128. The Balaban J connectivity index is 2.39. The van der Waals surface area contributed by atoms with Gasteiger partial charge < -0.3 is 5.73 Å². The van der Waals surface area contributed by atoms with E-state index in [1.165, 1.54) is 0 Å². The van der Waals surface area contributed by atoms with Gasteiger partial charge in [-0.1, -0.05) is 35.0 Å². The first-order valence-electron chi connectivity index (χ1n) is 5.10. The fourth-order valence-corrected chi connectivity index (χ4v) is 2.89. The average Bonchev–Trinajstić information content (AvgIpc) is 2.12. The molecular weight excluding hydrogens is 254 g/mol. The molecule has 1 aliphatic carbocycles. The van der Waals surface area contributed by atoms with Crippen LogP contribution >= 0.6 is 15.9 Å². The summed E-state index contributed by atoms with van der Waals surface area (Å²) in [6.45, 7) is 2.15. The van der Waals surface area contributed by atoms with Gasteiger partial charge in [0.05, 0.1) is 5.41 Å². The zero-order chi connectivity index (χ0) is 11.1. The molecule has 2 N–H and O–H groups in total. The van der Waals surface area contributed by atoms with Crippen molar-refractivity contribution in [1.82, 2.24) is 0 Å². The molecular formula is C12H14BrNO. The van der Waals surface area contributed by atoms with Gasteiger partial charge in [-0.05, 0) is 36.5 Å². The molecule has 1 saturated carbocycles. The Labute approximate surface area is 98.0 Å². The predicted molar refractivity (Wildman–Crippen MR) is 63.4 cm³/mol. The van der Waals surface area contributed by atoms with E-state index in [1.807, 2.05) is 24.3 Å². The van der Waals surface area contributed by atoms with E-state index in [0.29, 0.717) is 5.92 Å². The van der Waals surface area contributed by atoms with Crippen molar-refractivity contribution in [3.05, 3.63) is 34.3 Å². The number of carbonyl (C=O) groups excluding carboxylic acids is 1. The van der Waals surface area contributed by atoms with Gasteiger partial charge in [0.25, 0.3) is 0 Å². The molecule has 0 radical (unpaired) electrons. The van der Waals surface area contributed by atoms with Crippen LogP contribution in [-0.4, -0.2) is 5.91 Å². The first kappa shape index (κ1) is 10.7. The predicted octanol–water partition coefficient (Wildman–Crippen LogP) is 2.60. The van der Waals surface area contributed by atoms with E-state index in [9.17, 15) is 4.79 Å². The van der Waals surface area contributed by atoms with Crippen LogP contribution in [0.25, 0.3) is 0 Å². The summed E-state index contributed by atoms with van der Waals surface area (Å²) < 4.78 is 1.00. The molecule has 1 aromatic carbocycles. The highest BCUT2D eigenvalue weighted by Gasteiger charge is 2.48. The highest BCUT2D eigenvalue weighted by Crippen LogP contribution is 2.47. The number of hydrogen-bond acceptors (Lipinski definition) is 1. The van der Waals surface area contributed by atoms with E-state index in [-0.39, 0.29) is 5.91 Å². The van der Waals surface area contributed by atoms with Crippen LogP contribution < -0.4 is 5.73 Å². The standard InChI is InChI=1S/C12H14BrNO/c1-8-6-12(7-8,11(14)15)9-3-2-4-10(13)5-9/h2-5,8H,6-7H2,1H3,(H2,14,15). The minimum Gasteiger partial charge on any atom is -0.369 e. The van der Waals surface area contributed by atoms with Gasteiger partial charge in [0, 0.05) is 4.47 Å². The maximum atomic E-state index is 11.6. The highest BCUT2D eigenvalue weighted by molar-refractivity contribution is 9.10. The Hall–Kier alpha value is -0.830. The second-order valence-electron chi connectivity index (χ2n) is 4.47. The van der Waals surface area contributed by atoms with E-state index >= 15 is 0 Å². The highest BCUT2D eigenvalue weighted by atomic mass is 79.9. The summed E-state index contributed by atoms with van der Waals surface area (Å²) in [6.07, 6.45) is 1.75. The summed E-state index contributed by atoms with van der Waals surface area (Å²) in [4.78, 5) is 11.6. The fraction of sp³-hybridized carbons (Fsp3) is 0.417. The van der Waals surface area contributed by atoms with Crippen molar-refractivity contribution in [3.8, 4) is 0 Å². The summed E-state index contributed by atoms with van der Waals surface area (Å²) in [5.41, 5.74) is 6.15. The van der Waals surface area contributed by atoms with Gasteiger partial charge >= 0.3 is 0 Å². The minimum atomic E-state index is -0.413. The van der Waals surface area contributed by atoms with Crippen LogP contribution in [0.15, 0.2) is 28.7 Å². The first-order chi connectivity index (χ1) is 7.04. The Morgan fingerprint density at radius 2 is 2.20 bits per heavy atom. The summed E-state index contributed by atoms with van der Waals surface area (Å²) in [5.74, 6) is 0.398. The zero-order valence-electron chi connectivity index (χ0n) is 8.66. The zero-order valence-corrected chi connectivity index (χ0v) is 10.3. The normalized spacial score (nSPS) is 29.6. The van der Waals surface area contributed by atoms with Gasteiger partial charge in [-0.2, -0.15) is 0 Å². The lowest BCUT2D eigenvalue weighted by Crippen LogP contribution is -2.50. The number of rotatable bonds is 2. The van der Waals surface area contributed by atoms with Crippen molar-refractivity contribution in [2.45, 2.75) is 25.2 Å². The molecule has 0 aromatic heterocycles. The molecule has 0 atom stereocenters. The van der Waals surface area contributed by atoms with E-state index in [1.54, 1.807) is 0 Å². The van der Waals surface area contributed by atoms with Gasteiger partial charge in [0.2, 0.25) is 5.91 Å². The monoisotopic (exact) mass is 267 g/mol. The average molecular weight is 268 g/mol. The van der Waals surface area contributed by atoms with Crippen molar-refractivity contribution >= 4 is 21.8 Å². The Morgan fingerprint density at radius 3 is 2.67 bits per heavy atom. The van der Waals surface area contributed by atoms with Crippen molar-refractivity contribution in [3.63, 3.8) is 0 Å². The van der Waals surface area contributed by atoms with E-state index < -0.39 is 5.41 Å². The molecule has 1 aliphatic rings. The molecule has 1 fully saturated rings. The van der Waals surface area contributed by atoms with Crippen molar-refractivity contribution < 1.29 is 4.79 Å². The number of amides is 1. The molecule has 0 saturated heterocycles. The van der Waals surface area contributed by atoms with E-state index in [0.717, 1.165) is 22.9 Å². The second-order valence-corrected chi connectivity index (χ2v) is 5.39. The quantitative estimate of drug-likeness (QED) is 0.880. The molecule has 0 aliphatic heterocycles. The van der Waals surface area contributed by atoms with Crippen molar-refractivity contribution in [2.75, 3.05) is 0 Å². The molecule has 2 rings (SSSR count). The molecule has 15 heavy (non-hydrogen) atoms. The number of primary amides is 1. The summed E-state index contributed by atoms with van der Waals surface area (Å²) >= 11 is 3.42. The van der Waals surface area contributed by atoms with Crippen LogP contribution in [0, 0.1) is 5.92 Å². The van der Waals surface area contributed by atoms with Crippen LogP contribution in [0.3, 0.4) is 0 Å². The van der Waals surface area contributed by atoms with Crippen molar-refractivity contribution in [1.29, 1.82) is 0 Å². The Bertz CT molecular complexity index is 396. The summed E-state index contributed by atoms with van der Waals surface area (Å²) in [6, 6.07) is 7.89. The molecule has 0 bridgehead atoms. The maximum Gasteiger partial charge on any atom is 0.228 e. The number of halogens is 1. The molecule has 0 heterocycles. The molecule has 1 amide bonds. The van der Waals surface area contributed by atoms with E-state index in [4.69, 9.17) is 5.73 Å². The van der Waals surface area contributed by atoms with Crippen LogP contribution in [0.1, 0.15) is 25.3 Å². The SMILES string of the molecule is CC1CC(C(N)=O)(c2cccc(Br)c2)C1. The number of nitrogens with two attached hydrogens (primary N) is 1. The second kappa shape index (κ2) is 3.63. The molecule has 0 unspecified atom stereocenters. The summed E-state index contributed by atoms with van der Waals surface area (Å²) in [5, 5.41) is 0. The van der Waals surface area contributed by atoms with E-state index in [2.05, 4.69) is 22.9 Å². The molecule has 1 aromatic rings. The third kappa shape index (κ3) is 1.69. The number of hydrogen-bond donors (Lipinski definition) is 1. The lowest BCUT2D eigenvalue weighted by Gasteiger charge is -2.44. The molecule has 0 spiro atoms. The van der Waals surface area contributed by atoms with Gasteiger partial charge in [-0.3, -0.25) is 4.79 Å². The third-order valence-corrected chi connectivity index (χ3v) is 3.74.